The highest BCUT2D eigenvalue weighted by Gasteiger charge is 2.66. The van der Waals surface area contributed by atoms with Crippen LogP contribution >= 0.6 is 0 Å². The predicted octanol–water partition coefficient (Wildman–Crippen LogP) is 5.01. The fraction of sp³-hybridized carbons (Fsp3) is 0.417. The van der Waals surface area contributed by atoms with Gasteiger partial charge in [0.05, 0.1) is 22.0 Å². The van der Waals surface area contributed by atoms with Crippen LogP contribution in [-0.2, 0) is 0 Å². The van der Waals surface area contributed by atoms with Gasteiger partial charge in [-0.15, -0.1) is 0 Å². The number of nitrogens with zero attached hydrogens (tertiary/aromatic N) is 4. The van der Waals surface area contributed by atoms with E-state index in [4.69, 9.17) is 0 Å². The summed E-state index contributed by atoms with van der Waals surface area (Å²) in [7, 11) is 0. The first-order valence-electron chi connectivity index (χ1n) is 10.2. The van der Waals surface area contributed by atoms with Crippen molar-refractivity contribution in [1.82, 2.24) is 0 Å². The molecule has 4 nitrogen and oxygen atoms in total. The molecule has 4 aliphatic carbocycles. The molecule has 0 heterocycles. The predicted molar refractivity (Wildman–Crippen MR) is 108 cm³/mol. The molecule has 4 aliphatic rings. The molecule has 0 saturated heterocycles. The van der Waals surface area contributed by atoms with Crippen molar-refractivity contribution in [2.75, 3.05) is 0 Å². The summed E-state index contributed by atoms with van der Waals surface area (Å²) in [5, 5.41) is 0. The van der Waals surface area contributed by atoms with E-state index in [0.717, 1.165) is 54.7 Å². The van der Waals surface area contributed by atoms with E-state index in [1.54, 1.807) is 0 Å². The van der Waals surface area contributed by atoms with Gasteiger partial charge < -0.3 is 11.1 Å². The Kier molecular flexibility index (Phi) is 3.94. The van der Waals surface area contributed by atoms with Crippen LogP contribution in [0.5, 0.6) is 0 Å². The van der Waals surface area contributed by atoms with Gasteiger partial charge in [0.2, 0.25) is 0 Å². The normalized spacial score (nSPS) is 32.4. The fourth-order valence-corrected chi connectivity index (χ4v) is 6.95. The molecule has 0 unspecified atom stereocenters. The van der Waals surface area contributed by atoms with Crippen LogP contribution in [0.4, 0.5) is 0 Å². The van der Waals surface area contributed by atoms with E-state index in [0.29, 0.717) is 11.8 Å². The molecule has 0 aromatic heterocycles. The van der Waals surface area contributed by atoms with E-state index in [9.17, 15) is 11.1 Å². The minimum Gasteiger partial charge on any atom is -0.361 e. The third-order valence-corrected chi connectivity index (χ3v) is 7.36. The summed E-state index contributed by atoms with van der Waals surface area (Å²) in [5.74, 6) is 1.17. The zero-order valence-corrected chi connectivity index (χ0v) is 16.0. The van der Waals surface area contributed by atoms with E-state index in [2.05, 4.69) is 9.58 Å². The summed E-state index contributed by atoms with van der Waals surface area (Å²) >= 11 is 0. The first-order valence-corrected chi connectivity index (χ1v) is 10.2. The van der Waals surface area contributed by atoms with Gasteiger partial charge >= 0.3 is 11.4 Å². The smallest absolute Gasteiger partial charge is 0.305 e. The zero-order chi connectivity index (χ0) is 19.2. The van der Waals surface area contributed by atoms with Crippen LogP contribution in [0.1, 0.15) is 49.7 Å². The van der Waals surface area contributed by atoms with Crippen LogP contribution in [0, 0.1) is 22.7 Å². The van der Waals surface area contributed by atoms with Crippen LogP contribution in [0.2, 0.25) is 0 Å². The van der Waals surface area contributed by atoms with Gasteiger partial charge in [-0.3, -0.25) is 0 Å². The van der Waals surface area contributed by atoms with Crippen molar-refractivity contribution in [3.63, 3.8) is 0 Å². The van der Waals surface area contributed by atoms with Crippen LogP contribution in [0.25, 0.3) is 11.1 Å². The van der Waals surface area contributed by atoms with Crippen LogP contribution in [-0.4, -0.2) is 21.0 Å². The van der Waals surface area contributed by atoms with E-state index in [1.807, 2.05) is 60.7 Å². The van der Waals surface area contributed by atoms with Gasteiger partial charge in [0.15, 0.2) is 0 Å². The zero-order valence-electron chi connectivity index (χ0n) is 16.0. The molecule has 0 N–H and O–H groups in total. The molecule has 0 atom stereocenters. The molecule has 4 fully saturated rings. The van der Waals surface area contributed by atoms with Gasteiger partial charge in [-0.2, -0.15) is 9.58 Å². The molecule has 2 aromatic carbocycles. The quantitative estimate of drug-likeness (QED) is 0.413. The maximum Gasteiger partial charge on any atom is 0.305 e. The number of hydrogen-bond acceptors (Lipinski definition) is 0. The van der Waals surface area contributed by atoms with Crippen LogP contribution in [0.15, 0.2) is 60.7 Å². The molecular weight excluding hydrogens is 344 g/mol. The van der Waals surface area contributed by atoms with Crippen LogP contribution in [0.3, 0.4) is 0 Å². The van der Waals surface area contributed by atoms with Crippen molar-refractivity contribution in [3.8, 4) is 0 Å². The number of hydrogen-bond donors (Lipinski definition) is 0. The Labute approximate surface area is 165 Å². The minimum absolute atomic E-state index is 0.148. The lowest BCUT2D eigenvalue weighted by atomic mass is 9.41. The average molecular weight is 368 g/mol. The molecule has 0 amide bonds. The fourth-order valence-electron chi connectivity index (χ4n) is 6.95. The average Bonchev–Trinajstić information content (AvgIpc) is 2.69. The van der Waals surface area contributed by atoms with E-state index in [-0.39, 0.29) is 10.8 Å². The van der Waals surface area contributed by atoms with E-state index >= 15 is 0 Å². The molecule has 0 spiro atoms. The van der Waals surface area contributed by atoms with Gasteiger partial charge in [0.25, 0.3) is 0 Å². The topological polar surface area (TPSA) is 72.8 Å². The SMILES string of the molecule is [N-]=[N+]=C(c1ccccc1)C12CC3CC(C1)CC(C(=[N+]=[N-])c1ccccc1)(C3)C2. The maximum absolute atomic E-state index is 10.0. The summed E-state index contributed by atoms with van der Waals surface area (Å²) in [6, 6.07) is 20.1. The highest BCUT2D eigenvalue weighted by atomic mass is 14.9. The molecular formula is C24H24N4. The number of benzene rings is 2. The molecule has 0 radical (unpaired) electrons. The highest BCUT2D eigenvalue weighted by molar-refractivity contribution is 6.04. The Bertz CT molecular complexity index is 904. The Morgan fingerprint density at radius 2 is 1.07 bits per heavy atom. The van der Waals surface area contributed by atoms with Gasteiger partial charge in [-0.1, -0.05) is 36.4 Å². The second-order valence-electron chi connectivity index (χ2n) is 9.15. The Balaban J connectivity index is 1.62. The maximum atomic E-state index is 10.0. The Morgan fingerprint density at radius 3 is 1.43 bits per heavy atom. The van der Waals surface area contributed by atoms with E-state index in [1.165, 1.54) is 6.42 Å². The molecule has 4 heteroatoms. The standard InChI is InChI=1S/C24H24N4/c25-27-21(19-7-3-1-4-8-19)23-12-17-11-18(13-23)15-24(14-17,16-23)22(28-26)20-9-5-2-6-10-20/h1-10,17-18H,11-16H2. The van der Waals surface area contributed by atoms with Crippen molar-refractivity contribution in [1.29, 1.82) is 0 Å². The summed E-state index contributed by atoms with van der Waals surface area (Å²) in [4.78, 5) is 7.70. The van der Waals surface area contributed by atoms with Crippen molar-refractivity contribution in [2.24, 2.45) is 22.7 Å². The largest absolute Gasteiger partial charge is 0.361 e. The molecule has 6 rings (SSSR count). The van der Waals surface area contributed by atoms with Crippen molar-refractivity contribution < 1.29 is 9.58 Å². The van der Waals surface area contributed by atoms with Crippen molar-refractivity contribution in [2.45, 2.75) is 38.5 Å². The van der Waals surface area contributed by atoms with Gasteiger partial charge in [-0.05, 0) is 74.6 Å². The summed E-state index contributed by atoms with van der Waals surface area (Å²) in [6.07, 6.45) is 6.38. The minimum atomic E-state index is -0.148. The van der Waals surface area contributed by atoms with Gasteiger partial charge in [0.1, 0.15) is 0 Å². The third kappa shape index (κ3) is 2.53. The first-order chi connectivity index (χ1) is 13.7. The monoisotopic (exact) mass is 368 g/mol. The molecule has 4 bridgehead atoms. The highest BCUT2D eigenvalue weighted by Crippen LogP contribution is 2.66. The second-order valence-corrected chi connectivity index (χ2v) is 9.15. The lowest BCUT2D eigenvalue weighted by Crippen LogP contribution is -2.58. The van der Waals surface area contributed by atoms with Crippen LogP contribution < -0.4 is 0 Å². The molecule has 2 aromatic rings. The number of rotatable bonds is 4. The summed E-state index contributed by atoms with van der Waals surface area (Å²) < 4.78 is 0. The van der Waals surface area contributed by atoms with Gasteiger partial charge in [0, 0.05) is 0 Å². The molecule has 28 heavy (non-hydrogen) atoms. The lowest BCUT2D eigenvalue weighted by molar-refractivity contribution is -0.0989. The lowest BCUT2D eigenvalue weighted by Gasteiger charge is -2.58. The van der Waals surface area contributed by atoms with Crippen molar-refractivity contribution in [3.05, 3.63) is 82.9 Å². The summed E-state index contributed by atoms with van der Waals surface area (Å²) in [6.45, 7) is 0. The molecule has 0 aliphatic heterocycles. The Morgan fingerprint density at radius 1 is 0.679 bits per heavy atom. The Hall–Kier alpha value is -2.80. The summed E-state index contributed by atoms with van der Waals surface area (Å²) in [5.41, 5.74) is 23.4. The first kappa shape index (κ1) is 17.3. The third-order valence-electron chi connectivity index (χ3n) is 7.36. The van der Waals surface area contributed by atoms with E-state index < -0.39 is 0 Å². The molecule has 140 valence electrons. The molecule has 4 saturated carbocycles. The van der Waals surface area contributed by atoms with Gasteiger partial charge in [-0.25, -0.2) is 0 Å². The van der Waals surface area contributed by atoms with Crippen molar-refractivity contribution >= 4 is 11.4 Å². The second kappa shape index (κ2) is 6.38.